The largest absolute Gasteiger partial charge is 0.370 e. The van der Waals surface area contributed by atoms with Crippen LogP contribution in [0.25, 0.3) is 0 Å². The second-order valence-electron chi connectivity index (χ2n) is 5.36. The molecule has 6 heteroatoms. The van der Waals surface area contributed by atoms with E-state index in [9.17, 15) is 13.2 Å². The first-order valence-electron chi connectivity index (χ1n) is 7.33. The van der Waals surface area contributed by atoms with Crippen LogP contribution in [0.1, 0.15) is 30.5 Å². The molecule has 0 saturated heterocycles. The van der Waals surface area contributed by atoms with Crippen molar-refractivity contribution >= 4 is 15.9 Å². The molecule has 0 aliphatic heterocycles. The van der Waals surface area contributed by atoms with Crippen molar-refractivity contribution in [1.29, 1.82) is 0 Å². The third-order valence-corrected chi connectivity index (χ3v) is 5.08. The van der Waals surface area contributed by atoms with E-state index in [0.717, 1.165) is 11.1 Å². The van der Waals surface area contributed by atoms with Crippen LogP contribution in [-0.4, -0.2) is 14.3 Å². The summed E-state index contributed by atoms with van der Waals surface area (Å²) in [5.41, 5.74) is 6.88. The Kier molecular flexibility index (Phi) is 5.52. The van der Waals surface area contributed by atoms with Crippen molar-refractivity contribution in [1.82, 2.24) is 4.72 Å². The highest BCUT2D eigenvalue weighted by atomic mass is 32.2. The highest BCUT2D eigenvalue weighted by molar-refractivity contribution is 7.89. The maximum Gasteiger partial charge on any atom is 0.241 e. The molecular formula is C17H20N2O3S. The van der Waals surface area contributed by atoms with Gasteiger partial charge in [0.05, 0.1) is 4.90 Å². The van der Waals surface area contributed by atoms with Gasteiger partial charge in [0.2, 0.25) is 15.9 Å². The summed E-state index contributed by atoms with van der Waals surface area (Å²) in [4.78, 5) is 11.0. The number of nitrogens with one attached hydrogen (secondary N) is 1. The van der Waals surface area contributed by atoms with E-state index in [1.54, 1.807) is 19.1 Å². The Morgan fingerprint density at radius 1 is 1.09 bits per heavy atom. The molecule has 0 spiro atoms. The van der Waals surface area contributed by atoms with E-state index in [4.69, 9.17) is 5.73 Å². The average Bonchev–Trinajstić information content (AvgIpc) is 2.53. The van der Waals surface area contributed by atoms with Crippen molar-refractivity contribution in [2.75, 3.05) is 0 Å². The zero-order chi connectivity index (χ0) is 16.9. The Bertz CT molecular complexity index is 756. The van der Waals surface area contributed by atoms with Gasteiger partial charge in [0.15, 0.2) is 0 Å². The molecule has 5 nitrogen and oxygen atoms in total. The van der Waals surface area contributed by atoms with Crippen LogP contribution in [0.5, 0.6) is 0 Å². The molecule has 0 heterocycles. The molecule has 3 N–H and O–H groups in total. The molecule has 122 valence electrons. The van der Waals surface area contributed by atoms with E-state index in [0.29, 0.717) is 6.42 Å². The number of carbonyl (C=O) groups is 1. The summed E-state index contributed by atoms with van der Waals surface area (Å²) >= 11 is 0. The number of amides is 1. The SMILES string of the molecule is C[C@H](NS(=O)(=O)c1ccc(CCC(N)=O)cc1)c1ccccc1. The lowest BCUT2D eigenvalue weighted by Crippen LogP contribution is -2.26. The van der Waals surface area contributed by atoms with Gasteiger partial charge in [-0.3, -0.25) is 4.79 Å². The number of benzene rings is 2. The summed E-state index contributed by atoms with van der Waals surface area (Å²) < 4.78 is 27.5. The molecule has 0 aliphatic carbocycles. The zero-order valence-corrected chi connectivity index (χ0v) is 13.7. The number of hydrogen-bond donors (Lipinski definition) is 2. The molecule has 0 saturated carbocycles. The number of sulfonamides is 1. The summed E-state index contributed by atoms with van der Waals surface area (Å²) in [5, 5.41) is 0. The van der Waals surface area contributed by atoms with E-state index in [1.165, 1.54) is 12.1 Å². The second-order valence-corrected chi connectivity index (χ2v) is 7.08. The number of hydrogen-bond acceptors (Lipinski definition) is 3. The minimum atomic E-state index is -3.60. The quantitative estimate of drug-likeness (QED) is 0.814. The number of aryl methyl sites for hydroxylation is 1. The number of carbonyl (C=O) groups excluding carboxylic acids is 1. The van der Waals surface area contributed by atoms with Crippen molar-refractivity contribution in [3.8, 4) is 0 Å². The molecule has 0 radical (unpaired) electrons. The van der Waals surface area contributed by atoms with Crippen LogP contribution < -0.4 is 10.5 Å². The fourth-order valence-corrected chi connectivity index (χ4v) is 3.45. The molecule has 0 unspecified atom stereocenters. The van der Waals surface area contributed by atoms with Crippen LogP contribution in [0.15, 0.2) is 59.5 Å². The molecular weight excluding hydrogens is 312 g/mol. The maximum atomic E-state index is 12.4. The van der Waals surface area contributed by atoms with E-state index in [2.05, 4.69) is 4.72 Å². The van der Waals surface area contributed by atoms with E-state index in [-0.39, 0.29) is 23.3 Å². The molecule has 1 atom stereocenters. The first kappa shape index (κ1) is 17.2. The lowest BCUT2D eigenvalue weighted by atomic mass is 10.1. The molecule has 0 fully saturated rings. The Morgan fingerprint density at radius 2 is 1.70 bits per heavy atom. The lowest BCUT2D eigenvalue weighted by molar-refractivity contribution is -0.117. The first-order valence-corrected chi connectivity index (χ1v) is 8.81. The van der Waals surface area contributed by atoms with Crippen LogP contribution >= 0.6 is 0 Å². The van der Waals surface area contributed by atoms with Gasteiger partial charge in [0.25, 0.3) is 0 Å². The molecule has 23 heavy (non-hydrogen) atoms. The van der Waals surface area contributed by atoms with Crippen molar-refractivity contribution in [3.05, 3.63) is 65.7 Å². The topological polar surface area (TPSA) is 89.3 Å². The van der Waals surface area contributed by atoms with Gasteiger partial charge in [-0.2, -0.15) is 0 Å². The summed E-state index contributed by atoms with van der Waals surface area (Å²) in [6.07, 6.45) is 0.749. The summed E-state index contributed by atoms with van der Waals surface area (Å²) in [6, 6.07) is 15.5. The van der Waals surface area contributed by atoms with Crippen molar-refractivity contribution in [2.45, 2.75) is 30.7 Å². The van der Waals surface area contributed by atoms with E-state index >= 15 is 0 Å². The molecule has 2 rings (SSSR count). The van der Waals surface area contributed by atoms with Gasteiger partial charge in [0, 0.05) is 12.5 Å². The summed E-state index contributed by atoms with van der Waals surface area (Å²) in [6.45, 7) is 1.80. The maximum absolute atomic E-state index is 12.4. The molecule has 0 aromatic heterocycles. The molecule has 2 aromatic carbocycles. The van der Waals surface area contributed by atoms with Crippen molar-refractivity contribution in [3.63, 3.8) is 0 Å². The van der Waals surface area contributed by atoms with Crippen molar-refractivity contribution < 1.29 is 13.2 Å². The monoisotopic (exact) mass is 332 g/mol. The third-order valence-electron chi connectivity index (χ3n) is 3.53. The molecule has 1 amide bonds. The van der Waals surface area contributed by atoms with E-state index < -0.39 is 10.0 Å². The van der Waals surface area contributed by atoms with Crippen molar-refractivity contribution in [2.24, 2.45) is 5.73 Å². The number of primary amides is 1. The van der Waals surface area contributed by atoms with E-state index in [1.807, 2.05) is 30.3 Å². The van der Waals surface area contributed by atoms with Crippen LogP contribution in [0.2, 0.25) is 0 Å². The highest BCUT2D eigenvalue weighted by Gasteiger charge is 2.18. The Balaban J connectivity index is 2.08. The predicted octanol–water partition coefficient (Wildman–Crippen LogP) is 2.14. The summed E-state index contributed by atoms with van der Waals surface area (Å²) in [7, 11) is -3.60. The normalized spacial score (nSPS) is 12.7. The van der Waals surface area contributed by atoms with Crippen LogP contribution in [0, 0.1) is 0 Å². The van der Waals surface area contributed by atoms with Crippen LogP contribution in [0.3, 0.4) is 0 Å². The zero-order valence-electron chi connectivity index (χ0n) is 12.9. The average molecular weight is 332 g/mol. The fourth-order valence-electron chi connectivity index (χ4n) is 2.21. The van der Waals surface area contributed by atoms with Gasteiger partial charge in [-0.25, -0.2) is 13.1 Å². The number of rotatable bonds is 7. The second kappa shape index (κ2) is 7.39. The minimum absolute atomic E-state index is 0.197. The van der Waals surface area contributed by atoms with Gasteiger partial charge < -0.3 is 5.73 Å². The molecule has 0 aliphatic rings. The lowest BCUT2D eigenvalue weighted by Gasteiger charge is -2.14. The smallest absolute Gasteiger partial charge is 0.241 e. The first-order chi connectivity index (χ1) is 10.9. The number of nitrogens with two attached hydrogens (primary N) is 1. The van der Waals surface area contributed by atoms with Gasteiger partial charge in [-0.05, 0) is 36.6 Å². The van der Waals surface area contributed by atoms with Gasteiger partial charge in [-0.1, -0.05) is 42.5 Å². The predicted molar refractivity (Wildman–Crippen MR) is 89.1 cm³/mol. The standard InChI is InChI=1S/C17H20N2O3S/c1-13(15-5-3-2-4-6-15)19-23(21,22)16-10-7-14(8-11-16)9-12-17(18)20/h2-8,10-11,13,19H,9,12H2,1H3,(H2,18,20)/t13-/m0/s1. The summed E-state index contributed by atoms with van der Waals surface area (Å²) in [5.74, 6) is -0.375. The van der Waals surface area contributed by atoms with Gasteiger partial charge in [-0.15, -0.1) is 0 Å². The van der Waals surface area contributed by atoms with Crippen LogP contribution in [0.4, 0.5) is 0 Å². The molecule has 2 aromatic rings. The fraction of sp³-hybridized carbons (Fsp3) is 0.235. The van der Waals surface area contributed by atoms with Gasteiger partial charge >= 0.3 is 0 Å². The Hall–Kier alpha value is -2.18. The highest BCUT2D eigenvalue weighted by Crippen LogP contribution is 2.17. The van der Waals surface area contributed by atoms with Crippen LogP contribution in [-0.2, 0) is 21.2 Å². The Labute approximate surface area is 136 Å². The minimum Gasteiger partial charge on any atom is -0.370 e. The molecule has 0 bridgehead atoms. The Morgan fingerprint density at radius 3 is 2.26 bits per heavy atom. The van der Waals surface area contributed by atoms with Gasteiger partial charge in [0.1, 0.15) is 0 Å². The third kappa shape index (κ3) is 4.91.